The molecule has 1 aromatic carbocycles. The van der Waals surface area contributed by atoms with Crippen LogP contribution in [0, 0.1) is 11.7 Å². The maximum absolute atomic E-state index is 13.4. The minimum Gasteiger partial charge on any atom is -0.468 e. The smallest absolute Gasteiger partial charge is 0.316 e. The first kappa shape index (κ1) is 13.1. The number of rotatable bonds is 3. The molecule has 1 aliphatic carbocycles. The maximum atomic E-state index is 13.4. The molecule has 0 saturated heterocycles. The van der Waals surface area contributed by atoms with Gasteiger partial charge in [0, 0.05) is 0 Å². The molecule has 0 radical (unpaired) electrons. The zero-order valence-electron chi connectivity index (χ0n) is 10.9. The van der Waals surface area contributed by atoms with Crippen molar-refractivity contribution in [3.63, 3.8) is 0 Å². The Kier molecular flexibility index (Phi) is 3.69. The molecule has 0 N–H and O–H groups in total. The van der Waals surface area contributed by atoms with Crippen LogP contribution >= 0.6 is 0 Å². The van der Waals surface area contributed by atoms with Crippen LogP contribution in [0.25, 0.3) is 0 Å². The molecule has 2 rings (SSSR count). The molecular formula is C15H19FO2. The van der Waals surface area contributed by atoms with Gasteiger partial charge in [-0.05, 0) is 43.4 Å². The third-order valence-corrected chi connectivity index (χ3v) is 4.21. The molecule has 1 saturated carbocycles. The summed E-state index contributed by atoms with van der Waals surface area (Å²) in [6.07, 6.45) is 4.27. The second kappa shape index (κ2) is 5.09. The summed E-state index contributed by atoms with van der Waals surface area (Å²) in [4.78, 5) is 12.2. The topological polar surface area (TPSA) is 26.3 Å². The van der Waals surface area contributed by atoms with Crippen LogP contribution in [0.15, 0.2) is 24.3 Å². The van der Waals surface area contributed by atoms with E-state index in [9.17, 15) is 9.18 Å². The third-order valence-electron chi connectivity index (χ3n) is 4.21. The van der Waals surface area contributed by atoms with Gasteiger partial charge in [-0.3, -0.25) is 4.79 Å². The molecule has 98 valence electrons. The highest BCUT2D eigenvalue weighted by Crippen LogP contribution is 2.43. The fourth-order valence-corrected chi connectivity index (χ4v) is 3.05. The molecule has 0 unspecified atom stereocenters. The molecule has 3 heteroatoms. The average Bonchev–Trinajstić information content (AvgIpc) is 2.91. The largest absolute Gasteiger partial charge is 0.468 e. The molecule has 1 atom stereocenters. The van der Waals surface area contributed by atoms with Crippen molar-refractivity contribution in [1.29, 1.82) is 0 Å². The number of methoxy groups -OCH3 is 1. The van der Waals surface area contributed by atoms with Crippen LogP contribution in [0.1, 0.15) is 38.2 Å². The Morgan fingerprint density at radius 2 is 2.06 bits per heavy atom. The molecule has 0 heterocycles. The molecule has 0 bridgehead atoms. The van der Waals surface area contributed by atoms with Crippen LogP contribution < -0.4 is 0 Å². The monoisotopic (exact) mass is 250 g/mol. The summed E-state index contributed by atoms with van der Waals surface area (Å²) in [5, 5.41) is 0. The SMILES string of the molecule is COC(=O)[C@@](C)(c1cccc(F)c1)C1CCCC1. The Morgan fingerprint density at radius 3 is 2.61 bits per heavy atom. The Bertz CT molecular complexity index is 438. The van der Waals surface area contributed by atoms with Crippen LogP contribution in [-0.4, -0.2) is 13.1 Å². The van der Waals surface area contributed by atoms with E-state index < -0.39 is 5.41 Å². The molecular weight excluding hydrogens is 231 g/mol. The number of ether oxygens (including phenoxy) is 1. The number of halogens is 1. The lowest BCUT2D eigenvalue weighted by Crippen LogP contribution is -2.40. The Labute approximate surface area is 107 Å². The summed E-state index contributed by atoms with van der Waals surface area (Å²) in [5.74, 6) is -0.327. The van der Waals surface area contributed by atoms with Crippen LogP contribution in [0.2, 0.25) is 0 Å². The fourth-order valence-electron chi connectivity index (χ4n) is 3.05. The van der Waals surface area contributed by atoms with Crippen LogP contribution in [-0.2, 0) is 14.9 Å². The molecule has 0 aliphatic heterocycles. The summed E-state index contributed by atoms with van der Waals surface area (Å²) in [5.41, 5.74) is -0.00544. The number of carbonyl (C=O) groups is 1. The van der Waals surface area contributed by atoms with Gasteiger partial charge in [0.15, 0.2) is 0 Å². The molecule has 2 nitrogen and oxygen atoms in total. The van der Waals surface area contributed by atoms with E-state index in [-0.39, 0.29) is 17.7 Å². The first-order valence-electron chi connectivity index (χ1n) is 6.43. The first-order chi connectivity index (χ1) is 8.59. The van der Waals surface area contributed by atoms with Gasteiger partial charge in [-0.2, -0.15) is 0 Å². The highest BCUT2D eigenvalue weighted by atomic mass is 19.1. The van der Waals surface area contributed by atoms with Crippen LogP contribution in [0.5, 0.6) is 0 Å². The third kappa shape index (κ3) is 2.14. The predicted molar refractivity (Wildman–Crippen MR) is 67.7 cm³/mol. The fraction of sp³-hybridized carbons (Fsp3) is 0.533. The van der Waals surface area contributed by atoms with Crippen molar-refractivity contribution in [3.8, 4) is 0 Å². The van der Waals surface area contributed by atoms with Crippen molar-refractivity contribution in [2.75, 3.05) is 7.11 Å². The van der Waals surface area contributed by atoms with Crippen molar-refractivity contribution < 1.29 is 13.9 Å². The van der Waals surface area contributed by atoms with E-state index in [1.807, 2.05) is 13.0 Å². The van der Waals surface area contributed by atoms with Gasteiger partial charge in [-0.1, -0.05) is 25.0 Å². The second-order valence-corrected chi connectivity index (χ2v) is 5.19. The molecule has 1 aromatic rings. The molecule has 0 aromatic heterocycles. The van der Waals surface area contributed by atoms with Crippen molar-refractivity contribution in [2.45, 2.75) is 38.0 Å². The van der Waals surface area contributed by atoms with E-state index in [1.54, 1.807) is 6.07 Å². The lowest BCUT2D eigenvalue weighted by molar-refractivity contribution is -0.149. The molecule has 1 fully saturated rings. The predicted octanol–water partition coefficient (Wildman–Crippen LogP) is 3.45. The van der Waals surface area contributed by atoms with Crippen LogP contribution in [0.4, 0.5) is 4.39 Å². The standard InChI is InChI=1S/C15H19FO2/c1-15(14(17)18-2,11-6-3-4-7-11)12-8-5-9-13(16)10-12/h5,8-11H,3-4,6-7H2,1-2H3/t15-/m1/s1. The first-order valence-corrected chi connectivity index (χ1v) is 6.43. The minimum absolute atomic E-state index is 0.242. The summed E-state index contributed by atoms with van der Waals surface area (Å²) in [6.45, 7) is 1.88. The van der Waals surface area contributed by atoms with E-state index in [0.717, 1.165) is 31.2 Å². The van der Waals surface area contributed by atoms with E-state index >= 15 is 0 Å². The maximum Gasteiger partial charge on any atom is 0.316 e. The Balaban J connectivity index is 2.44. The van der Waals surface area contributed by atoms with E-state index in [2.05, 4.69) is 0 Å². The minimum atomic E-state index is -0.729. The molecule has 0 amide bonds. The average molecular weight is 250 g/mol. The van der Waals surface area contributed by atoms with Gasteiger partial charge < -0.3 is 4.74 Å². The van der Waals surface area contributed by atoms with Crippen molar-refractivity contribution in [3.05, 3.63) is 35.6 Å². The lowest BCUT2D eigenvalue weighted by Gasteiger charge is -2.33. The number of hydrogen-bond acceptors (Lipinski definition) is 2. The Morgan fingerprint density at radius 1 is 1.39 bits per heavy atom. The summed E-state index contributed by atoms with van der Waals surface area (Å²) >= 11 is 0. The van der Waals surface area contributed by atoms with Gasteiger partial charge in [0.2, 0.25) is 0 Å². The van der Waals surface area contributed by atoms with Crippen molar-refractivity contribution in [1.82, 2.24) is 0 Å². The van der Waals surface area contributed by atoms with Gasteiger partial charge in [-0.15, -0.1) is 0 Å². The van der Waals surface area contributed by atoms with E-state index in [4.69, 9.17) is 4.74 Å². The van der Waals surface area contributed by atoms with Gasteiger partial charge in [0.25, 0.3) is 0 Å². The van der Waals surface area contributed by atoms with Gasteiger partial charge in [-0.25, -0.2) is 4.39 Å². The summed E-state index contributed by atoms with van der Waals surface area (Å²) < 4.78 is 18.4. The van der Waals surface area contributed by atoms with Crippen LogP contribution in [0.3, 0.4) is 0 Å². The summed E-state index contributed by atoms with van der Waals surface area (Å²) in [6, 6.07) is 6.32. The zero-order chi connectivity index (χ0) is 13.2. The summed E-state index contributed by atoms with van der Waals surface area (Å²) in [7, 11) is 1.40. The number of carbonyl (C=O) groups excluding carboxylic acids is 1. The van der Waals surface area contributed by atoms with Gasteiger partial charge >= 0.3 is 5.97 Å². The molecule has 1 aliphatic rings. The zero-order valence-corrected chi connectivity index (χ0v) is 10.9. The van der Waals surface area contributed by atoms with E-state index in [0.29, 0.717) is 0 Å². The number of esters is 1. The Hall–Kier alpha value is -1.38. The van der Waals surface area contributed by atoms with Gasteiger partial charge in [0.1, 0.15) is 5.82 Å². The quantitative estimate of drug-likeness (QED) is 0.768. The molecule has 18 heavy (non-hydrogen) atoms. The van der Waals surface area contributed by atoms with Crippen molar-refractivity contribution in [2.24, 2.45) is 5.92 Å². The van der Waals surface area contributed by atoms with E-state index in [1.165, 1.54) is 19.2 Å². The lowest BCUT2D eigenvalue weighted by atomic mass is 9.71. The van der Waals surface area contributed by atoms with Gasteiger partial charge in [0.05, 0.1) is 12.5 Å². The second-order valence-electron chi connectivity index (χ2n) is 5.19. The molecule has 0 spiro atoms. The normalized spacial score (nSPS) is 19.5. The number of benzene rings is 1. The van der Waals surface area contributed by atoms with Crippen molar-refractivity contribution >= 4 is 5.97 Å². The number of hydrogen-bond donors (Lipinski definition) is 0. The highest BCUT2D eigenvalue weighted by molar-refractivity contribution is 5.83. The highest BCUT2D eigenvalue weighted by Gasteiger charge is 2.44.